The summed E-state index contributed by atoms with van der Waals surface area (Å²) in [6, 6.07) is 23.4. The topological polar surface area (TPSA) is 50.8 Å². The first-order valence-electron chi connectivity index (χ1n) is 10.3. The van der Waals surface area contributed by atoms with Gasteiger partial charge in [-0.1, -0.05) is 60.1 Å². The molecule has 0 saturated heterocycles. The Morgan fingerprint density at radius 2 is 1.90 bits per heavy atom. The molecule has 0 fully saturated rings. The fourth-order valence-corrected chi connectivity index (χ4v) is 3.97. The number of halogens is 1. The van der Waals surface area contributed by atoms with Crippen molar-refractivity contribution < 1.29 is 14.3 Å². The smallest absolute Gasteiger partial charge is 0.222 e. The summed E-state index contributed by atoms with van der Waals surface area (Å²) in [5.41, 5.74) is 3.01. The third-order valence-electron chi connectivity index (χ3n) is 5.39. The van der Waals surface area contributed by atoms with Crippen LogP contribution in [0.5, 0.6) is 11.5 Å². The number of amides is 1. The molecular formula is C25H25ClN2O3. The van der Waals surface area contributed by atoms with Crippen LogP contribution in [0, 0.1) is 0 Å². The standard InChI is InChI=1S/C25H25ClN2O3/c1-30-23-10-6-5-9-19(23)15-27-25(29)14-21-17-31-24-12-11-20(26)13-22(24)28(21)16-18-7-3-2-4-8-18/h2-13,21H,14-17H2,1H3,(H,27,29). The summed E-state index contributed by atoms with van der Waals surface area (Å²) < 4.78 is 11.3. The minimum Gasteiger partial charge on any atom is -0.496 e. The predicted molar refractivity (Wildman–Crippen MR) is 123 cm³/mol. The van der Waals surface area contributed by atoms with Gasteiger partial charge < -0.3 is 19.7 Å². The number of nitrogens with zero attached hydrogens (tertiary/aromatic N) is 1. The van der Waals surface area contributed by atoms with Crippen molar-refractivity contribution in [3.05, 3.63) is 88.9 Å². The number of ether oxygens (including phenoxy) is 2. The van der Waals surface area contributed by atoms with Crippen molar-refractivity contribution in [1.82, 2.24) is 5.32 Å². The maximum Gasteiger partial charge on any atom is 0.222 e. The molecule has 3 aromatic carbocycles. The van der Waals surface area contributed by atoms with Gasteiger partial charge in [-0.15, -0.1) is 0 Å². The highest BCUT2D eigenvalue weighted by Crippen LogP contribution is 2.37. The Morgan fingerprint density at radius 1 is 1.13 bits per heavy atom. The number of hydrogen-bond donors (Lipinski definition) is 1. The van der Waals surface area contributed by atoms with E-state index < -0.39 is 0 Å². The second kappa shape index (κ2) is 9.75. The zero-order valence-corrected chi connectivity index (χ0v) is 18.1. The lowest BCUT2D eigenvalue weighted by Gasteiger charge is -2.38. The van der Waals surface area contributed by atoms with Crippen molar-refractivity contribution in [2.75, 3.05) is 18.6 Å². The monoisotopic (exact) mass is 436 g/mol. The SMILES string of the molecule is COc1ccccc1CNC(=O)CC1COc2ccc(Cl)cc2N1Cc1ccccc1. The molecule has 5 nitrogen and oxygen atoms in total. The lowest BCUT2D eigenvalue weighted by atomic mass is 10.1. The highest BCUT2D eigenvalue weighted by atomic mass is 35.5. The van der Waals surface area contributed by atoms with Gasteiger partial charge in [-0.25, -0.2) is 0 Å². The van der Waals surface area contributed by atoms with E-state index in [1.54, 1.807) is 7.11 Å². The van der Waals surface area contributed by atoms with Gasteiger partial charge in [-0.2, -0.15) is 0 Å². The van der Waals surface area contributed by atoms with Gasteiger partial charge in [-0.05, 0) is 29.8 Å². The molecule has 160 valence electrons. The van der Waals surface area contributed by atoms with Crippen molar-refractivity contribution in [2.45, 2.75) is 25.6 Å². The molecule has 1 aliphatic heterocycles. The Labute approximate surface area is 187 Å². The summed E-state index contributed by atoms with van der Waals surface area (Å²) in [5, 5.41) is 3.65. The average Bonchev–Trinajstić information content (AvgIpc) is 2.80. The summed E-state index contributed by atoms with van der Waals surface area (Å²) in [7, 11) is 1.63. The van der Waals surface area contributed by atoms with E-state index in [0.29, 0.717) is 31.1 Å². The number of benzene rings is 3. The third-order valence-corrected chi connectivity index (χ3v) is 5.62. The number of hydrogen-bond acceptors (Lipinski definition) is 4. The molecule has 1 atom stereocenters. The van der Waals surface area contributed by atoms with Crippen LogP contribution in [0.2, 0.25) is 5.02 Å². The zero-order valence-electron chi connectivity index (χ0n) is 17.4. The predicted octanol–water partition coefficient (Wildman–Crippen LogP) is 4.82. The summed E-state index contributed by atoms with van der Waals surface area (Å²) in [6.07, 6.45) is 0.313. The van der Waals surface area contributed by atoms with E-state index in [0.717, 1.165) is 28.3 Å². The molecule has 31 heavy (non-hydrogen) atoms. The molecule has 1 heterocycles. The summed E-state index contributed by atoms with van der Waals surface area (Å²) in [5.74, 6) is 1.51. The van der Waals surface area contributed by atoms with E-state index in [1.807, 2.05) is 60.7 Å². The van der Waals surface area contributed by atoms with E-state index in [1.165, 1.54) is 0 Å². The van der Waals surface area contributed by atoms with Crippen molar-refractivity contribution in [3.8, 4) is 11.5 Å². The van der Waals surface area contributed by atoms with Gasteiger partial charge in [0.15, 0.2) is 0 Å². The largest absolute Gasteiger partial charge is 0.496 e. The molecule has 1 amide bonds. The van der Waals surface area contributed by atoms with Gasteiger partial charge in [0.1, 0.15) is 18.1 Å². The number of carbonyl (C=O) groups is 1. The molecule has 0 saturated carbocycles. The number of nitrogens with one attached hydrogen (secondary N) is 1. The fraction of sp³-hybridized carbons (Fsp3) is 0.240. The van der Waals surface area contributed by atoms with E-state index in [4.69, 9.17) is 21.1 Å². The second-order valence-electron chi connectivity index (χ2n) is 7.48. The van der Waals surface area contributed by atoms with Crippen LogP contribution in [0.15, 0.2) is 72.8 Å². The van der Waals surface area contributed by atoms with E-state index >= 15 is 0 Å². The number of fused-ring (bicyclic) bond motifs is 1. The number of rotatable bonds is 7. The molecule has 4 rings (SSSR count). The van der Waals surface area contributed by atoms with Crippen LogP contribution in [0.1, 0.15) is 17.5 Å². The minimum atomic E-state index is -0.108. The van der Waals surface area contributed by atoms with Crippen LogP contribution in [0.25, 0.3) is 0 Å². The summed E-state index contributed by atoms with van der Waals surface area (Å²) in [6.45, 7) is 1.52. The molecule has 0 bridgehead atoms. The van der Waals surface area contributed by atoms with Gasteiger partial charge in [0, 0.05) is 23.7 Å². The maximum atomic E-state index is 12.8. The van der Waals surface area contributed by atoms with Crippen LogP contribution in [0.3, 0.4) is 0 Å². The second-order valence-corrected chi connectivity index (χ2v) is 7.92. The maximum absolute atomic E-state index is 12.8. The van der Waals surface area contributed by atoms with E-state index in [-0.39, 0.29) is 11.9 Å². The van der Waals surface area contributed by atoms with Crippen molar-refractivity contribution >= 4 is 23.2 Å². The molecule has 0 spiro atoms. The Balaban J connectivity index is 1.49. The Kier molecular flexibility index (Phi) is 6.63. The van der Waals surface area contributed by atoms with Crippen LogP contribution in [0.4, 0.5) is 5.69 Å². The molecule has 1 unspecified atom stereocenters. The molecule has 1 N–H and O–H groups in total. The molecule has 6 heteroatoms. The summed E-state index contributed by atoms with van der Waals surface area (Å²) >= 11 is 6.27. The Morgan fingerprint density at radius 3 is 2.71 bits per heavy atom. The minimum absolute atomic E-state index is 0.0388. The molecular weight excluding hydrogens is 412 g/mol. The van der Waals surface area contributed by atoms with Gasteiger partial charge in [0.05, 0.1) is 25.3 Å². The van der Waals surface area contributed by atoms with Gasteiger partial charge in [0.2, 0.25) is 5.91 Å². The fourth-order valence-electron chi connectivity index (χ4n) is 3.80. The zero-order chi connectivity index (χ0) is 21.6. The van der Waals surface area contributed by atoms with Gasteiger partial charge >= 0.3 is 0 Å². The lowest BCUT2D eigenvalue weighted by molar-refractivity contribution is -0.121. The van der Waals surface area contributed by atoms with Crippen LogP contribution < -0.4 is 19.7 Å². The molecule has 0 aromatic heterocycles. The van der Waals surface area contributed by atoms with Crippen LogP contribution >= 0.6 is 11.6 Å². The van der Waals surface area contributed by atoms with Gasteiger partial charge in [0.25, 0.3) is 0 Å². The van der Waals surface area contributed by atoms with Crippen molar-refractivity contribution in [2.24, 2.45) is 0 Å². The Hall–Kier alpha value is -3.18. The highest BCUT2D eigenvalue weighted by molar-refractivity contribution is 6.31. The van der Waals surface area contributed by atoms with Gasteiger partial charge in [-0.3, -0.25) is 4.79 Å². The highest BCUT2D eigenvalue weighted by Gasteiger charge is 2.29. The number of carbonyl (C=O) groups excluding carboxylic acids is 1. The normalized spacial score (nSPS) is 15.0. The third kappa shape index (κ3) is 5.12. The van der Waals surface area contributed by atoms with Crippen LogP contribution in [-0.2, 0) is 17.9 Å². The molecule has 3 aromatic rings. The first kappa shape index (κ1) is 21.1. The number of para-hydroxylation sites is 1. The quantitative estimate of drug-likeness (QED) is 0.576. The number of methoxy groups -OCH3 is 1. The summed E-state index contributed by atoms with van der Waals surface area (Å²) in [4.78, 5) is 15.0. The number of anilines is 1. The average molecular weight is 437 g/mol. The Bertz CT molecular complexity index is 1040. The van der Waals surface area contributed by atoms with E-state index in [2.05, 4.69) is 22.3 Å². The molecule has 0 radical (unpaired) electrons. The lowest BCUT2D eigenvalue weighted by Crippen LogP contribution is -2.45. The van der Waals surface area contributed by atoms with E-state index in [9.17, 15) is 4.79 Å². The van der Waals surface area contributed by atoms with Crippen LogP contribution in [-0.4, -0.2) is 25.7 Å². The molecule has 0 aliphatic carbocycles. The van der Waals surface area contributed by atoms with Crippen molar-refractivity contribution in [3.63, 3.8) is 0 Å². The molecule has 1 aliphatic rings. The first-order chi connectivity index (χ1) is 15.1. The van der Waals surface area contributed by atoms with Crippen molar-refractivity contribution in [1.29, 1.82) is 0 Å². The first-order valence-corrected chi connectivity index (χ1v) is 10.6.